The first kappa shape index (κ1) is 11.9. The summed E-state index contributed by atoms with van der Waals surface area (Å²) in [7, 11) is 0. The van der Waals surface area contributed by atoms with E-state index in [-0.39, 0.29) is 6.04 Å². The molecule has 0 aliphatic heterocycles. The second kappa shape index (κ2) is 4.85. The molecule has 0 bridgehead atoms. The van der Waals surface area contributed by atoms with Gasteiger partial charge in [0.2, 0.25) is 0 Å². The Morgan fingerprint density at radius 1 is 1.21 bits per heavy atom. The average Bonchev–Trinajstić information content (AvgIpc) is 3.10. The average molecular weight is 274 g/mol. The van der Waals surface area contributed by atoms with E-state index < -0.39 is 0 Å². The third kappa shape index (κ3) is 2.13. The van der Waals surface area contributed by atoms with Crippen LogP contribution in [0.4, 0.5) is 0 Å². The smallest absolute Gasteiger partial charge is 0.162 e. The Labute approximate surface area is 115 Å². The van der Waals surface area contributed by atoms with Crippen molar-refractivity contribution in [2.45, 2.75) is 13.0 Å². The molecule has 2 aromatic heterocycles. The quantitative estimate of drug-likeness (QED) is 0.737. The molecule has 0 saturated carbocycles. The Morgan fingerprint density at radius 2 is 2.05 bits per heavy atom. The standard InChI is InChI=1S/C13H12ClN5/c1-10(19-8-4-7-16-19)13-17-15-9-18(13)12-6-3-2-5-11(12)14/h2-10H,1H3/t10-/m0/s1. The minimum absolute atomic E-state index is 0.0197. The van der Waals surface area contributed by atoms with Gasteiger partial charge in [-0.05, 0) is 25.1 Å². The summed E-state index contributed by atoms with van der Waals surface area (Å²) in [6.07, 6.45) is 5.31. The highest BCUT2D eigenvalue weighted by molar-refractivity contribution is 6.32. The van der Waals surface area contributed by atoms with Crippen molar-refractivity contribution in [3.8, 4) is 5.69 Å². The molecule has 0 amide bonds. The predicted molar refractivity (Wildman–Crippen MR) is 72.4 cm³/mol. The molecule has 0 aliphatic rings. The monoisotopic (exact) mass is 273 g/mol. The van der Waals surface area contributed by atoms with Gasteiger partial charge in [-0.2, -0.15) is 5.10 Å². The van der Waals surface area contributed by atoms with Gasteiger partial charge in [0, 0.05) is 12.4 Å². The number of aromatic nitrogens is 5. The van der Waals surface area contributed by atoms with Crippen LogP contribution in [0.3, 0.4) is 0 Å². The molecule has 0 fully saturated rings. The van der Waals surface area contributed by atoms with Crippen molar-refractivity contribution in [2.24, 2.45) is 0 Å². The molecule has 0 N–H and O–H groups in total. The van der Waals surface area contributed by atoms with E-state index in [1.807, 2.05) is 52.7 Å². The topological polar surface area (TPSA) is 48.5 Å². The Bertz CT molecular complexity index is 674. The third-order valence-electron chi connectivity index (χ3n) is 2.98. The molecule has 1 aromatic carbocycles. The number of halogens is 1. The first-order chi connectivity index (χ1) is 9.27. The number of hydrogen-bond donors (Lipinski definition) is 0. The van der Waals surface area contributed by atoms with Crippen LogP contribution in [0.5, 0.6) is 0 Å². The van der Waals surface area contributed by atoms with E-state index in [2.05, 4.69) is 15.3 Å². The maximum Gasteiger partial charge on any atom is 0.162 e. The summed E-state index contributed by atoms with van der Waals surface area (Å²) in [4.78, 5) is 0. The van der Waals surface area contributed by atoms with Crippen LogP contribution in [-0.4, -0.2) is 24.5 Å². The number of hydrogen-bond acceptors (Lipinski definition) is 3. The highest BCUT2D eigenvalue weighted by atomic mass is 35.5. The highest BCUT2D eigenvalue weighted by Gasteiger charge is 2.17. The minimum atomic E-state index is -0.0197. The Kier molecular flexibility index (Phi) is 3.05. The SMILES string of the molecule is C[C@@H](c1nncn1-c1ccccc1Cl)n1cccn1. The van der Waals surface area contributed by atoms with Crippen LogP contribution in [0.2, 0.25) is 5.02 Å². The number of para-hydroxylation sites is 1. The van der Waals surface area contributed by atoms with E-state index >= 15 is 0 Å². The largest absolute Gasteiger partial charge is 0.282 e. The fourth-order valence-electron chi connectivity index (χ4n) is 1.99. The first-order valence-corrected chi connectivity index (χ1v) is 6.29. The van der Waals surface area contributed by atoms with E-state index in [0.29, 0.717) is 5.02 Å². The summed E-state index contributed by atoms with van der Waals surface area (Å²) in [5.74, 6) is 0.789. The van der Waals surface area contributed by atoms with Crippen molar-refractivity contribution in [3.63, 3.8) is 0 Å². The fourth-order valence-corrected chi connectivity index (χ4v) is 2.22. The van der Waals surface area contributed by atoms with Crippen LogP contribution in [0.25, 0.3) is 5.69 Å². The van der Waals surface area contributed by atoms with Crippen LogP contribution in [0.1, 0.15) is 18.8 Å². The summed E-state index contributed by atoms with van der Waals surface area (Å²) < 4.78 is 3.71. The van der Waals surface area contributed by atoms with Gasteiger partial charge in [0.1, 0.15) is 12.4 Å². The Morgan fingerprint density at radius 3 is 2.79 bits per heavy atom. The molecule has 5 nitrogen and oxygen atoms in total. The molecular formula is C13H12ClN5. The molecule has 1 atom stereocenters. The van der Waals surface area contributed by atoms with Crippen molar-refractivity contribution in [1.82, 2.24) is 24.5 Å². The lowest BCUT2D eigenvalue weighted by atomic mass is 10.2. The van der Waals surface area contributed by atoms with E-state index in [0.717, 1.165) is 11.5 Å². The summed E-state index contributed by atoms with van der Waals surface area (Å²) in [5.41, 5.74) is 0.864. The van der Waals surface area contributed by atoms with Crippen molar-refractivity contribution in [3.05, 3.63) is 59.9 Å². The van der Waals surface area contributed by atoms with Crippen molar-refractivity contribution in [2.75, 3.05) is 0 Å². The highest BCUT2D eigenvalue weighted by Crippen LogP contribution is 2.23. The molecule has 0 unspecified atom stereocenters. The lowest BCUT2D eigenvalue weighted by Gasteiger charge is -2.14. The van der Waals surface area contributed by atoms with E-state index in [9.17, 15) is 0 Å². The van der Waals surface area contributed by atoms with Gasteiger partial charge in [-0.1, -0.05) is 23.7 Å². The van der Waals surface area contributed by atoms with Gasteiger partial charge in [0.05, 0.1) is 10.7 Å². The molecule has 96 valence electrons. The van der Waals surface area contributed by atoms with Crippen LogP contribution >= 0.6 is 11.6 Å². The molecular weight excluding hydrogens is 262 g/mol. The normalized spacial score (nSPS) is 12.5. The molecule has 0 spiro atoms. The zero-order valence-corrected chi connectivity index (χ0v) is 11.1. The summed E-state index contributed by atoms with van der Waals surface area (Å²) in [6, 6.07) is 9.47. The zero-order chi connectivity index (χ0) is 13.2. The summed E-state index contributed by atoms with van der Waals surface area (Å²) in [6.45, 7) is 2.02. The molecule has 3 rings (SSSR count). The zero-order valence-electron chi connectivity index (χ0n) is 10.3. The van der Waals surface area contributed by atoms with Gasteiger partial charge in [-0.3, -0.25) is 9.25 Å². The minimum Gasteiger partial charge on any atom is -0.282 e. The molecule has 6 heteroatoms. The van der Waals surface area contributed by atoms with Gasteiger partial charge in [-0.25, -0.2) is 0 Å². The maximum absolute atomic E-state index is 6.22. The van der Waals surface area contributed by atoms with Crippen LogP contribution in [-0.2, 0) is 0 Å². The van der Waals surface area contributed by atoms with Gasteiger partial charge < -0.3 is 0 Å². The Hall–Kier alpha value is -2.14. The maximum atomic E-state index is 6.22. The van der Waals surface area contributed by atoms with Gasteiger partial charge in [-0.15, -0.1) is 10.2 Å². The number of benzene rings is 1. The fraction of sp³-hybridized carbons (Fsp3) is 0.154. The van der Waals surface area contributed by atoms with Crippen LogP contribution in [0, 0.1) is 0 Å². The van der Waals surface area contributed by atoms with E-state index in [4.69, 9.17) is 11.6 Å². The molecule has 19 heavy (non-hydrogen) atoms. The Balaban J connectivity index is 2.06. The third-order valence-corrected chi connectivity index (χ3v) is 3.30. The molecule has 3 aromatic rings. The molecule has 2 heterocycles. The van der Waals surface area contributed by atoms with Crippen molar-refractivity contribution in [1.29, 1.82) is 0 Å². The summed E-state index contributed by atoms with van der Waals surface area (Å²) >= 11 is 6.22. The number of rotatable bonds is 3. The van der Waals surface area contributed by atoms with Gasteiger partial charge in [0.15, 0.2) is 5.82 Å². The first-order valence-electron chi connectivity index (χ1n) is 5.91. The van der Waals surface area contributed by atoms with Gasteiger partial charge >= 0.3 is 0 Å². The molecule has 0 aliphatic carbocycles. The molecule has 0 saturated heterocycles. The van der Waals surface area contributed by atoms with E-state index in [1.165, 1.54) is 0 Å². The van der Waals surface area contributed by atoms with Crippen LogP contribution < -0.4 is 0 Å². The number of nitrogens with zero attached hydrogens (tertiary/aromatic N) is 5. The second-order valence-electron chi connectivity index (χ2n) is 4.17. The van der Waals surface area contributed by atoms with Crippen molar-refractivity contribution >= 4 is 11.6 Å². The van der Waals surface area contributed by atoms with Crippen LogP contribution in [0.15, 0.2) is 49.1 Å². The van der Waals surface area contributed by atoms with Gasteiger partial charge in [0.25, 0.3) is 0 Å². The summed E-state index contributed by atoms with van der Waals surface area (Å²) in [5, 5.41) is 13.1. The molecule has 0 radical (unpaired) electrons. The second-order valence-corrected chi connectivity index (χ2v) is 4.58. The lowest BCUT2D eigenvalue weighted by Crippen LogP contribution is -2.13. The predicted octanol–water partition coefficient (Wildman–Crippen LogP) is 2.73. The van der Waals surface area contributed by atoms with E-state index in [1.54, 1.807) is 12.5 Å². The van der Waals surface area contributed by atoms with Crippen molar-refractivity contribution < 1.29 is 0 Å². The lowest BCUT2D eigenvalue weighted by molar-refractivity contribution is 0.528.